The zero-order chi connectivity index (χ0) is 15.4. The Morgan fingerprint density at radius 2 is 1.86 bits per heavy atom. The van der Waals surface area contributed by atoms with Crippen molar-refractivity contribution in [2.75, 3.05) is 7.11 Å². The van der Waals surface area contributed by atoms with Crippen LogP contribution in [0.2, 0.25) is 10.0 Å². The van der Waals surface area contributed by atoms with E-state index in [2.05, 4.69) is 0 Å². The van der Waals surface area contributed by atoms with Crippen molar-refractivity contribution in [3.8, 4) is 11.5 Å². The molecule has 21 heavy (non-hydrogen) atoms. The standard InChI is InChI=1S/C14H13BCl2O4/c1-20-11-3-4-12(15(18)19)9(6-11)8-21-14-7-10(16)2-5-13(14)17/h2-7,18-19H,8H2,1H3. The van der Waals surface area contributed by atoms with E-state index in [-0.39, 0.29) is 6.61 Å². The molecular formula is C14H13BCl2O4. The third-order valence-electron chi connectivity index (χ3n) is 2.90. The van der Waals surface area contributed by atoms with Crippen molar-refractivity contribution >= 4 is 35.8 Å². The van der Waals surface area contributed by atoms with Gasteiger partial charge in [0.2, 0.25) is 0 Å². The van der Waals surface area contributed by atoms with Crippen LogP contribution in [0.5, 0.6) is 11.5 Å². The number of methoxy groups -OCH3 is 1. The van der Waals surface area contributed by atoms with Crippen LogP contribution in [0.15, 0.2) is 36.4 Å². The van der Waals surface area contributed by atoms with E-state index in [1.54, 1.807) is 36.4 Å². The maximum absolute atomic E-state index is 9.38. The highest BCUT2D eigenvalue weighted by molar-refractivity contribution is 6.59. The smallest absolute Gasteiger partial charge is 0.488 e. The Hall–Kier alpha value is -1.40. The maximum atomic E-state index is 9.38. The minimum Gasteiger partial charge on any atom is -0.497 e. The molecule has 0 saturated carbocycles. The Morgan fingerprint density at radius 1 is 1.10 bits per heavy atom. The predicted octanol–water partition coefficient (Wildman–Crippen LogP) is 2.26. The fourth-order valence-electron chi connectivity index (χ4n) is 1.83. The first kappa shape index (κ1) is 16.0. The average molecular weight is 327 g/mol. The summed E-state index contributed by atoms with van der Waals surface area (Å²) in [6, 6.07) is 9.77. The lowest BCUT2D eigenvalue weighted by atomic mass is 9.77. The number of hydrogen-bond donors (Lipinski definition) is 2. The third-order valence-corrected chi connectivity index (χ3v) is 3.45. The van der Waals surface area contributed by atoms with Crippen LogP contribution in [0.4, 0.5) is 0 Å². The van der Waals surface area contributed by atoms with Crippen molar-refractivity contribution in [1.29, 1.82) is 0 Å². The molecule has 0 radical (unpaired) electrons. The SMILES string of the molecule is COc1ccc(B(O)O)c(COc2cc(Cl)ccc2Cl)c1. The molecule has 0 spiro atoms. The number of hydrogen-bond acceptors (Lipinski definition) is 4. The molecule has 0 unspecified atom stereocenters. The van der Waals surface area contributed by atoms with Crippen molar-refractivity contribution in [3.63, 3.8) is 0 Å². The van der Waals surface area contributed by atoms with E-state index < -0.39 is 7.12 Å². The van der Waals surface area contributed by atoms with Gasteiger partial charge in [-0.1, -0.05) is 29.3 Å². The number of rotatable bonds is 5. The summed E-state index contributed by atoms with van der Waals surface area (Å²) in [5.74, 6) is 1.01. The molecule has 7 heteroatoms. The van der Waals surface area contributed by atoms with E-state index in [1.165, 1.54) is 7.11 Å². The quantitative estimate of drug-likeness (QED) is 0.827. The molecule has 2 N–H and O–H groups in total. The minimum absolute atomic E-state index is 0.101. The maximum Gasteiger partial charge on any atom is 0.488 e. The molecule has 0 aliphatic heterocycles. The lowest BCUT2D eigenvalue weighted by Crippen LogP contribution is -2.33. The van der Waals surface area contributed by atoms with E-state index in [1.807, 2.05) is 0 Å². The van der Waals surface area contributed by atoms with Gasteiger partial charge in [0.25, 0.3) is 0 Å². The third kappa shape index (κ3) is 4.05. The van der Waals surface area contributed by atoms with Crippen LogP contribution in [-0.2, 0) is 6.61 Å². The van der Waals surface area contributed by atoms with Crippen LogP contribution in [0.3, 0.4) is 0 Å². The van der Waals surface area contributed by atoms with Gasteiger partial charge in [0, 0.05) is 11.1 Å². The van der Waals surface area contributed by atoms with Crippen molar-refractivity contribution in [1.82, 2.24) is 0 Å². The van der Waals surface area contributed by atoms with Crippen LogP contribution >= 0.6 is 23.2 Å². The Morgan fingerprint density at radius 3 is 2.52 bits per heavy atom. The molecule has 0 fully saturated rings. The molecule has 110 valence electrons. The molecule has 2 aromatic rings. The topological polar surface area (TPSA) is 58.9 Å². The van der Waals surface area contributed by atoms with E-state index in [9.17, 15) is 10.0 Å². The highest BCUT2D eigenvalue weighted by Gasteiger charge is 2.17. The van der Waals surface area contributed by atoms with Gasteiger partial charge in [0.1, 0.15) is 18.1 Å². The van der Waals surface area contributed by atoms with Crippen LogP contribution in [0, 0.1) is 0 Å². The fraction of sp³-hybridized carbons (Fsp3) is 0.143. The summed E-state index contributed by atoms with van der Waals surface area (Å²) in [7, 11) is -0.0626. The van der Waals surface area contributed by atoms with Gasteiger partial charge in [0.05, 0.1) is 12.1 Å². The fourth-order valence-corrected chi connectivity index (χ4v) is 2.16. The Bertz CT molecular complexity index is 634. The number of benzene rings is 2. The van der Waals surface area contributed by atoms with Crippen LogP contribution < -0.4 is 14.9 Å². The average Bonchev–Trinajstić information content (AvgIpc) is 2.47. The summed E-state index contributed by atoms with van der Waals surface area (Å²) in [6.45, 7) is 0.101. The monoisotopic (exact) mass is 326 g/mol. The second-order valence-electron chi connectivity index (χ2n) is 4.30. The second kappa shape index (κ2) is 7.05. The molecule has 2 rings (SSSR count). The first-order chi connectivity index (χ1) is 10.0. The molecule has 0 bridgehead atoms. The first-order valence-electron chi connectivity index (χ1n) is 6.12. The molecule has 2 aromatic carbocycles. The summed E-state index contributed by atoms with van der Waals surface area (Å²) in [5.41, 5.74) is 0.925. The van der Waals surface area contributed by atoms with Gasteiger partial charge in [-0.2, -0.15) is 0 Å². The van der Waals surface area contributed by atoms with E-state index in [0.717, 1.165) is 0 Å². The number of halogens is 2. The lowest BCUT2D eigenvalue weighted by molar-refractivity contribution is 0.305. The largest absolute Gasteiger partial charge is 0.497 e. The highest BCUT2D eigenvalue weighted by Crippen LogP contribution is 2.28. The van der Waals surface area contributed by atoms with Gasteiger partial charge >= 0.3 is 7.12 Å². The van der Waals surface area contributed by atoms with Gasteiger partial charge in [-0.25, -0.2) is 0 Å². The first-order valence-corrected chi connectivity index (χ1v) is 6.87. The van der Waals surface area contributed by atoms with Crippen molar-refractivity contribution in [2.45, 2.75) is 6.61 Å². The van der Waals surface area contributed by atoms with Gasteiger partial charge in [0.15, 0.2) is 0 Å². The van der Waals surface area contributed by atoms with Crippen LogP contribution in [0.25, 0.3) is 0 Å². The van der Waals surface area contributed by atoms with Gasteiger partial charge in [-0.15, -0.1) is 0 Å². The summed E-state index contributed by atoms with van der Waals surface area (Å²) in [5, 5.41) is 19.7. The van der Waals surface area contributed by atoms with Gasteiger partial charge < -0.3 is 19.5 Å². The summed E-state index contributed by atoms with van der Waals surface area (Å²) in [6.07, 6.45) is 0. The Labute approximate surface area is 133 Å². The molecule has 4 nitrogen and oxygen atoms in total. The molecule has 0 aliphatic carbocycles. The van der Waals surface area contributed by atoms with Gasteiger partial charge in [-0.05, 0) is 35.3 Å². The summed E-state index contributed by atoms with van der Waals surface area (Å²) in [4.78, 5) is 0. The molecule has 0 amide bonds. The van der Waals surface area contributed by atoms with Crippen molar-refractivity contribution in [2.24, 2.45) is 0 Å². The van der Waals surface area contributed by atoms with E-state index >= 15 is 0 Å². The van der Waals surface area contributed by atoms with Gasteiger partial charge in [-0.3, -0.25) is 0 Å². The van der Waals surface area contributed by atoms with Crippen LogP contribution in [-0.4, -0.2) is 24.3 Å². The summed E-state index contributed by atoms with van der Waals surface area (Å²) < 4.78 is 10.7. The predicted molar refractivity (Wildman–Crippen MR) is 83.6 cm³/mol. The highest BCUT2D eigenvalue weighted by atomic mass is 35.5. The molecule has 0 aromatic heterocycles. The molecule has 0 atom stereocenters. The summed E-state index contributed by atoms with van der Waals surface area (Å²) >= 11 is 11.9. The van der Waals surface area contributed by atoms with Crippen LogP contribution in [0.1, 0.15) is 5.56 Å². The van der Waals surface area contributed by atoms with Crippen molar-refractivity contribution < 1.29 is 19.5 Å². The minimum atomic E-state index is -1.59. The Kier molecular flexibility index (Phi) is 5.36. The molecule has 0 heterocycles. The van der Waals surface area contributed by atoms with E-state index in [0.29, 0.717) is 32.6 Å². The Balaban J connectivity index is 2.24. The van der Waals surface area contributed by atoms with Crippen molar-refractivity contribution in [3.05, 3.63) is 52.0 Å². The molecular weight excluding hydrogens is 314 g/mol. The zero-order valence-corrected chi connectivity index (χ0v) is 12.7. The molecule has 0 aliphatic rings. The molecule has 0 saturated heterocycles. The van der Waals surface area contributed by atoms with E-state index in [4.69, 9.17) is 32.7 Å². The zero-order valence-electron chi connectivity index (χ0n) is 11.2. The number of ether oxygens (including phenoxy) is 2. The second-order valence-corrected chi connectivity index (χ2v) is 5.15. The lowest BCUT2D eigenvalue weighted by Gasteiger charge is -2.13. The normalized spacial score (nSPS) is 10.3.